The molecule has 7 nitrogen and oxygen atoms in total. The lowest BCUT2D eigenvalue weighted by atomic mass is 9.86. The van der Waals surface area contributed by atoms with E-state index in [9.17, 15) is 9.59 Å². The number of benzene rings is 2. The minimum absolute atomic E-state index is 0.0281. The summed E-state index contributed by atoms with van der Waals surface area (Å²) in [5, 5.41) is 0. The largest absolute Gasteiger partial charge is 0.493 e. The molecule has 2 aromatic carbocycles. The summed E-state index contributed by atoms with van der Waals surface area (Å²) in [5.41, 5.74) is 2.35. The van der Waals surface area contributed by atoms with E-state index in [2.05, 4.69) is 20.8 Å². The van der Waals surface area contributed by atoms with E-state index in [0.29, 0.717) is 28.4 Å². The Hall–Kier alpha value is -3.74. The van der Waals surface area contributed by atoms with Gasteiger partial charge in [-0.3, -0.25) is 0 Å². The zero-order chi connectivity index (χ0) is 23.2. The van der Waals surface area contributed by atoms with E-state index in [-0.39, 0.29) is 28.1 Å². The predicted molar refractivity (Wildman–Crippen MR) is 117 cm³/mol. The smallest absolute Gasteiger partial charge is 0.348 e. The van der Waals surface area contributed by atoms with Crippen molar-refractivity contribution < 1.29 is 33.3 Å². The quantitative estimate of drug-likeness (QED) is 0.649. The maximum Gasteiger partial charge on any atom is 0.348 e. The highest BCUT2D eigenvalue weighted by Gasteiger charge is 2.45. The third kappa shape index (κ3) is 3.39. The highest BCUT2D eigenvalue weighted by atomic mass is 16.6. The van der Waals surface area contributed by atoms with Crippen molar-refractivity contribution in [1.29, 1.82) is 0 Å². The summed E-state index contributed by atoms with van der Waals surface area (Å²) in [6, 6.07) is 10.8. The summed E-state index contributed by atoms with van der Waals surface area (Å²) in [5.74, 6) is 0.112. The summed E-state index contributed by atoms with van der Waals surface area (Å²) < 4.78 is 27.1. The standard InChI is InChI=1S/C25H24O7/c1-25(2,3)15-9-7-13(8-10-15)20-18-19(24(27)31-20)21(32-23(18)26)14-11-16(28-4)22(30-6)17(12-14)29-5/h7-12H,1-6H3. The van der Waals surface area contributed by atoms with E-state index in [1.165, 1.54) is 21.3 Å². The van der Waals surface area contributed by atoms with Gasteiger partial charge in [-0.05, 0) is 23.1 Å². The molecule has 4 rings (SSSR count). The van der Waals surface area contributed by atoms with Gasteiger partial charge in [-0.1, -0.05) is 45.0 Å². The number of methoxy groups -OCH3 is 3. The third-order valence-electron chi connectivity index (χ3n) is 5.44. The SMILES string of the molecule is COc1cc(C2=C3C(=O)OC(c4ccc(C(C)(C)C)cc4)=C3C(=O)O2)cc(OC)c1OC. The number of carbonyl (C=O) groups is 2. The fraction of sp³-hybridized carbons (Fsp3) is 0.280. The first-order valence-electron chi connectivity index (χ1n) is 10.0. The normalized spacial score (nSPS) is 15.6. The van der Waals surface area contributed by atoms with Crippen LogP contribution in [0, 0.1) is 0 Å². The second-order valence-electron chi connectivity index (χ2n) is 8.43. The van der Waals surface area contributed by atoms with E-state index in [0.717, 1.165) is 5.56 Å². The summed E-state index contributed by atoms with van der Waals surface area (Å²) in [6.07, 6.45) is 0. The van der Waals surface area contributed by atoms with Crippen LogP contribution in [0.1, 0.15) is 37.5 Å². The Morgan fingerprint density at radius 2 is 1.16 bits per heavy atom. The van der Waals surface area contributed by atoms with Gasteiger partial charge >= 0.3 is 11.9 Å². The molecule has 7 heteroatoms. The van der Waals surface area contributed by atoms with Crippen LogP contribution in [0.25, 0.3) is 11.5 Å². The Morgan fingerprint density at radius 3 is 1.56 bits per heavy atom. The predicted octanol–water partition coefficient (Wildman–Crippen LogP) is 4.25. The molecular formula is C25H24O7. The summed E-state index contributed by atoms with van der Waals surface area (Å²) in [7, 11) is 4.45. The van der Waals surface area contributed by atoms with Crippen LogP contribution in [0.15, 0.2) is 47.5 Å². The molecule has 166 valence electrons. The van der Waals surface area contributed by atoms with Gasteiger partial charge in [-0.15, -0.1) is 0 Å². The van der Waals surface area contributed by atoms with Crippen molar-refractivity contribution in [3.63, 3.8) is 0 Å². The molecule has 0 fully saturated rings. The molecule has 2 heterocycles. The van der Waals surface area contributed by atoms with Gasteiger partial charge in [0.15, 0.2) is 23.0 Å². The lowest BCUT2D eigenvalue weighted by Crippen LogP contribution is -2.10. The highest BCUT2D eigenvalue weighted by molar-refractivity contribution is 6.24. The van der Waals surface area contributed by atoms with E-state index in [4.69, 9.17) is 23.7 Å². The molecule has 0 aliphatic carbocycles. The van der Waals surface area contributed by atoms with Crippen LogP contribution in [-0.2, 0) is 24.5 Å². The molecule has 32 heavy (non-hydrogen) atoms. The molecule has 0 saturated heterocycles. The summed E-state index contributed by atoms with van der Waals surface area (Å²) >= 11 is 0. The monoisotopic (exact) mass is 436 g/mol. The average molecular weight is 436 g/mol. The van der Waals surface area contributed by atoms with E-state index < -0.39 is 11.9 Å². The van der Waals surface area contributed by atoms with Crippen molar-refractivity contribution in [2.75, 3.05) is 21.3 Å². The number of ether oxygens (including phenoxy) is 5. The molecule has 0 radical (unpaired) electrons. The van der Waals surface area contributed by atoms with Crippen LogP contribution >= 0.6 is 0 Å². The number of hydrogen-bond acceptors (Lipinski definition) is 7. The summed E-state index contributed by atoms with van der Waals surface area (Å²) in [6.45, 7) is 6.33. The zero-order valence-corrected chi connectivity index (χ0v) is 18.8. The minimum atomic E-state index is -0.649. The maximum atomic E-state index is 12.8. The van der Waals surface area contributed by atoms with Crippen molar-refractivity contribution in [1.82, 2.24) is 0 Å². The molecule has 2 aromatic rings. The topological polar surface area (TPSA) is 80.3 Å². The fourth-order valence-electron chi connectivity index (χ4n) is 3.75. The molecule has 0 saturated carbocycles. The Balaban J connectivity index is 1.85. The molecule has 2 aliphatic heterocycles. The van der Waals surface area contributed by atoms with Crippen LogP contribution in [0.3, 0.4) is 0 Å². The molecule has 0 amide bonds. The lowest BCUT2D eigenvalue weighted by molar-refractivity contribution is -0.131. The molecular weight excluding hydrogens is 412 g/mol. The number of esters is 2. The fourth-order valence-corrected chi connectivity index (χ4v) is 3.75. The molecule has 0 aromatic heterocycles. The Bertz CT molecular complexity index is 1150. The van der Waals surface area contributed by atoms with Gasteiger partial charge in [0.1, 0.15) is 11.1 Å². The van der Waals surface area contributed by atoms with Crippen LogP contribution in [0.2, 0.25) is 0 Å². The highest BCUT2D eigenvalue weighted by Crippen LogP contribution is 2.47. The first-order chi connectivity index (χ1) is 15.2. The van der Waals surface area contributed by atoms with Crippen molar-refractivity contribution in [2.45, 2.75) is 26.2 Å². The molecule has 0 bridgehead atoms. The number of hydrogen-bond donors (Lipinski definition) is 0. The van der Waals surface area contributed by atoms with Crippen LogP contribution in [0.4, 0.5) is 0 Å². The second kappa shape index (κ2) is 7.75. The van der Waals surface area contributed by atoms with Crippen molar-refractivity contribution >= 4 is 23.5 Å². The van der Waals surface area contributed by atoms with Crippen LogP contribution < -0.4 is 14.2 Å². The molecule has 2 aliphatic rings. The van der Waals surface area contributed by atoms with Gasteiger partial charge in [0.2, 0.25) is 5.75 Å². The molecule has 0 unspecified atom stereocenters. The van der Waals surface area contributed by atoms with Crippen LogP contribution in [0.5, 0.6) is 17.2 Å². The lowest BCUT2D eigenvalue weighted by Gasteiger charge is -2.19. The number of carbonyl (C=O) groups excluding carboxylic acids is 2. The minimum Gasteiger partial charge on any atom is -0.493 e. The average Bonchev–Trinajstić information content (AvgIpc) is 3.30. The van der Waals surface area contributed by atoms with Gasteiger partial charge in [0, 0.05) is 11.1 Å². The first-order valence-corrected chi connectivity index (χ1v) is 10.0. The van der Waals surface area contributed by atoms with Crippen molar-refractivity contribution in [2.24, 2.45) is 0 Å². The summed E-state index contributed by atoms with van der Waals surface area (Å²) in [4.78, 5) is 25.6. The first kappa shape index (κ1) is 21.5. The van der Waals surface area contributed by atoms with E-state index in [1.54, 1.807) is 12.1 Å². The van der Waals surface area contributed by atoms with Crippen molar-refractivity contribution in [3.05, 3.63) is 64.2 Å². The van der Waals surface area contributed by atoms with Crippen LogP contribution in [-0.4, -0.2) is 33.3 Å². The zero-order valence-electron chi connectivity index (χ0n) is 18.8. The Labute approximate surface area is 186 Å². The Kier molecular flexibility index (Phi) is 5.20. The Morgan fingerprint density at radius 1 is 0.688 bits per heavy atom. The van der Waals surface area contributed by atoms with E-state index >= 15 is 0 Å². The molecule has 0 N–H and O–H groups in total. The third-order valence-corrected chi connectivity index (χ3v) is 5.44. The second-order valence-corrected chi connectivity index (χ2v) is 8.43. The van der Waals surface area contributed by atoms with Gasteiger partial charge in [-0.25, -0.2) is 9.59 Å². The van der Waals surface area contributed by atoms with Gasteiger partial charge in [-0.2, -0.15) is 0 Å². The van der Waals surface area contributed by atoms with Crippen molar-refractivity contribution in [3.8, 4) is 17.2 Å². The molecule has 0 spiro atoms. The molecule has 0 atom stereocenters. The maximum absolute atomic E-state index is 12.8. The number of rotatable bonds is 5. The van der Waals surface area contributed by atoms with Gasteiger partial charge < -0.3 is 23.7 Å². The van der Waals surface area contributed by atoms with Gasteiger partial charge in [0.05, 0.1) is 21.3 Å². The van der Waals surface area contributed by atoms with E-state index in [1.807, 2.05) is 24.3 Å². The van der Waals surface area contributed by atoms with Gasteiger partial charge in [0.25, 0.3) is 0 Å². The number of fused-ring (bicyclic) bond motifs is 1. The number of cyclic esters (lactones) is 2.